The summed E-state index contributed by atoms with van der Waals surface area (Å²) in [4.78, 5) is 16.5. The SMILES string of the molecule is Cc1nc(C(=O)Nc2ccc3c(c2)C2(COC(N)N2)C2CCCCC2O3)co1. The van der Waals surface area contributed by atoms with Gasteiger partial charge in [-0.25, -0.2) is 4.98 Å². The molecule has 28 heavy (non-hydrogen) atoms. The molecule has 2 fully saturated rings. The maximum atomic E-state index is 12.5. The van der Waals surface area contributed by atoms with E-state index >= 15 is 0 Å². The van der Waals surface area contributed by atoms with E-state index in [4.69, 9.17) is 19.6 Å². The third-order valence-electron chi connectivity index (χ3n) is 6.07. The maximum Gasteiger partial charge on any atom is 0.277 e. The average Bonchev–Trinajstić information content (AvgIpc) is 3.29. The zero-order valence-corrected chi connectivity index (χ0v) is 15.7. The zero-order valence-electron chi connectivity index (χ0n) is 15.7. The Morgan fingerprint density at radius 2 is 2.21 bits per heavy atom. The van der Waals surface area contributed by atoms with E-state index in [1.54, 1.807) is 6.92 Å². The summed E-state index contributed by atoms with van der Waals surface area (Å²) >= 11 is 0. The average molecular weight is 384 g/mol. The van der Waals surface area contributed by atoms with E-state index in [-0.39, 0.29) is 23.6 Å². The normalized spacial score (nSPS) is 31.1. The summed E-state index contributed by atoms with van der Waals surface area (Å²) in [7, 11) is 0. The third kappa shape index (κ3) is 2.80. The molecule has 4 unspecified atom stereocenters. The highest BCUT2D eigenvalue weighted by Gasteiger charge is 2.54. The molecule has 0 bridgehead atoms. The predicted octanol–water partition coefficient (Wildman–Crippen LogP) is 2.24. The first-order valence-electron chi connectivity index (χ1n) is 9.75. The third-order valence-corrected chi connectivity index (χ3v) is 6.07. The van der Waals surface area contributed by atoms with Crippen LogP contribution in [0.1, 0.15) is 47.6 Å². The molecular formula is C20H24N4O4. The van der Waals surface area contributed by atoms with Crippen molar-refractivity contribution < 1.29 is 18.7 Å². The summed E-state index contributed by atoms with van der Waals surface area (Å²) in [5.41, 5.74) is 7.56. The Hall–Kier alpha value is -2.42. The van der Waals surface area contributed by atoms with Crippen LogP contribution in [0.15, 0.2) is 28.9 Å². The van der Waals surface area contributed by atoms with Crippen LogP contribution in [0.25, 0.3) is 0 Å². The number of aryl methyl sites for hydroxylation is 1. The number of nitrogens with two attached hydrogens (primary N) is 1. The fourth-order valence-corrected chi connectivity index (χ4v) is 4.81. The van der Waals surface area contributed by atoms with Gasteiger partial charge in [-0.1, -0.05) is 6.42 Å². The van der Waals surface area contributed by atoms with Gasteiger partial charge >= 0.3 is 0 Å². The molecular weight excluding hydrogens is 360 g/mol. The number of anilines is 1. The number of nitrogens with one attached hydrogen (secondary N) is 2. The quantitative estimate of drug-likeness (QED) is 0.728. The molecule has 1 aromatic carbocycles. The number of hydrogen-bond acceptors (Lipinski definition) is 7. The smallest absolute Gasteiger partial charge is 0.277 e. The molecule has 2 aliphatic heterocycles. The Kier molecular flexibility index (Phi) is 4.15. The Morgan fingerprint density at radius 3 is 2.96 bits per heavy atom. The number of amides is 1. The summed E-state index contributed by atoms with van der Waals surface area (Å²) in [5, 5.41) is 6.37. The van der Waals surface area contributed by atoms with Crippen LogP contribution in [0.2, 0.25) is 0 Å². The van der Waals surface area contributed by atoms with Crippen LogP contribution >= 0.6 is 0 Å². The molecule has 1 saturated heterocycles. The minimum absolute atomic E-state index is 0.154. The number of ether oxygens (including phenoxy) is 2. The van der Waals surface area contributed by atoms with Gasteiger partial charge in [0.2, 0.25) is 0 Å². The van der Waals surface area contributed by atoms with Gasteiger partial charge in [-0.3, -0.25) is 15.8 Å². The van der Waals surface area contributed by atoms with Crippen molar-refractivity contribution in [2.75, 3.05) is 11.9 Å². The van der Waals surface area contributed by atoms with Gasteiger partial charge in [0.1, 0.15) is 18.1 Å². The largest absolute Gasteiger partial charge is 0.490 e. The fraction of sp³-hybridized carbons (Fsp3) is 0.500. The van der Waals surface area contributed by atoms with E-state index in [9.17, 15) is 4.79 Å². The first-order chi connectivity index (χ1) is 13.5. The van der Waals surface area contributed by atoms with Crippen molar-refractivity contribution in [3.63, 3.8) is 0 Å². The van der Waals surface area contributed by atoms with Gasteiger partial charge in [-0.05, 0) is 37.5 Å². The summed E-state index contributed by atoms with van der Waals surface area (Å²) < 4.78 is 17.2. The minimum Gasteiger partial charge on any atom is -0.490 e. The van der Waals surface area contributed by atoms with E-state index in [1.165, 1.54) is 19.1 Å². The highest BCUT2D eigenvalue weighted by atomic mass is 16.5. The number of carbonyl (C=O) groups is 1. The van der Waals surface area contributed by atoms with Crippen molar-refractivity contribution in [1.82, 2.24) is 10.3 Å². The van der Waals surface area contributed by atoms with Crippen LogP contribution in [-0.2, 0) is 10.3 Å². The van der Waals surface area contributed by atoms with Crippen LogP contribution in [0.4, 0.5) is 5.69 Å². The van der Waals surface area contributed by atoms with Crippen molar-refractivity contribution in [2.45, 2.75) is 50.6 Å². The van der Waals surface area contributed by atoms with E-state index in [0.717, 1.165) is 24.2 Å². The van der Waals surface area contributed by atoms with Crippen LogP contribution < -0.4 is 21.1 Å². The molecule has 1 aliphatic carbocycles. The number of aromatic nitrogens is 1. The minimum atomic E-state index is -0.509. The van der Waals surface area contributed by atoms with Crippen LogP contribution in [0.3, 0.4) is 0 Å². The Labute approximate surface area is 162 Å². The Bertz CT molecular complexity index is 913. The number of carbonyl (C=O) groups excluding carboxylic acids is 1. The molecule has 8 heteroatoms. The molecule has 0 radical (unpaired) electrons. The molecule has 1 spiro atoms. The van der Waals surface area contributed by atoms with Crippen LogP contribution in [-0.4, -0.2) is 30.0 Å². The van der Waals surface area contributed by atoms with E-state index in [2.05, 4.69) is 15.6 Å². The maximum absolute atomic E-state index is 12.5. The van der Waals surface area contributed by atoms with Crippen molar-refractivity contribution in [2.24, 2.45) is 11.7 Å². The molecule has 1 amide bonds. The second kappa shape index (κ2) is 6.58. The lowest BCUT2D eigenvalue weighted by Crippen LogP contribution is -2.58. The molecule has 4 atom stereocenters. The first kappa shape index (κ1) is 17.7. The monoisotopic (exact) mass is 384 g/mol. The van der Waals surface area contributed by atoms with Gasteiger partial charge < -0.3 is 19.2 Å². The van der Waals surface area contributed by atoms with E-state index < -0.39 is 11.9 Å². The molecule has 148 valence electrons. The lowest BCUT2D eigenvalue weighted by atomic mass is 9.68. The number of fused-ring (bicyclic) bond motifs is 4. The van der Waals surface area contributed by atoms with Crippen molar-refractivity contribution in [3.8, 4) is 5.75 Å². The summed E-state index contributed by atoms with van der Waals surface area (Å²) in [6.07, 6.45) is 5.43. The van der Waals surface area contributed by atoms with Gasteiger partial charge in [-0.2, -0.15) is 0 Å². The fourth-order valence-electron chi connectivity index (χ4n) is 4.81. The van der Waals surface area contributed by atoms with Gasteiger partial charge in [-0.15, -0.1) is 0 Å². The van der Waals surface area contributed by atoms with Crippen molar-refractivity contribution in [1.29, 1.82) is 0 Å². The summed E-state index contributed by atoms with van der Waals surface area (Å²) in [5.74, 6) is 1.24. The lowest BCUT2D eigenvalue weighted by Gasteiger charge is -2.48. The van der Waals surface area contributed by atoms with E-state index in [1.807, 2.05) is 18.2 Å². The van der Waals surface area contributed by atoms with Gasteiger partial charge in [0.25, 0.3) is 5.91 Å². The molecule has 3 aliphatic rings. The van der Waals surface area contributed by atoms with Crippen LogP contribution in [0.5, 0.6) is 5.75 Å². The first-order valence-corrected chi connectivity index (χ1v) is 9.75. The molecule has 1 aromatic heterocycles. The van der Waals surface area contributed by atoms with Crippen LogP contribution in [0, 0.1) is 12.8 Å². The lowest BCUT2D eigenvalue weighted by molar-refractivity contribution is 0.00285. The molecule has 5 rings (SSSR count). The highest BCUT2D eigenvalue weighted by Crippen LogP contribution is 2.50. The molecule has 8 nitrogen and oxygen atoms in total. The molecule has 2 aromatic rings. The molecule has 1 saturated carbocycles. The Balaban J connectivity index is 1.50. The van der Waals surface area contributed by atoms with Gasteiger partial charge in [0.05, 0.1) is 12.1 Å². The van der Waals surface area contributed by atoms with Gasteiger partial charge in [0, 0.05) is 24.1 Å². The summed E-state index contributed by atoms with van der Waals surface area (Å²) in [6.45, 7) is 2.19. The number of oxazole rings is 1. The highest BCUT2D eigenvalue weighted by molar-refractivity contribution is 6.02. The molecule has 3 heterocycles. The Morgan fingerprint density at radius 1 is 1.36 bits per heavy atom. The number of rotatable bonds is 2. The second-order valence-electron chi connectivity index (χ2n) is 7.81. The van der Waals surface area contributed by atoms with Gasteiger partial charge in [0.15, 0.2) is 17.9 Å². The van der Waals surface area contributed by atoms with Crippen molar-refractivity contribution >= 4 is 11.6 Å². The summed E-state index contributed by atoms with van der Waals surface area (Å²) in [6, 6.07) is 5.72. The topological polar surface area (TPSA) is 112 Å². The number of benzene rings is 1. The van der Waals surface area contributed by atoms with Crippen molar-refractivity contribution in [3.05, 3.63) is 41.6 Å². The van der Waals surface area contributed by atoms with E-state index in [0.29, 0.717) is 18.2 Å². The number of nitrogens with zero attached hydrogens (tertiary/aromatic N) is 1. The predicted molar refractivity (Wildman–Crippen MR) is 101 cm³/mol. The second-order valence-corrected chi connectivity index (χ2v) is 7.81. The standard InChI is InChI=1S/C20H24N4O4/c1-11-22-15(9-26-11)18(25)23-12-6-7-17-14(8-12)20(10-27-19(21)24-20)13-4-2-3-5-16(13)28-17/h6-9,13,16,19,24H,2-5,10,21H2,1H3,(H,23,25). The molecule has 4 N–H and O–H groups in total. The number of hydrogen-bond donors (Lipinski definition) is 3. The zero-order chi connectivity index (χ0) is 19.3.